The van der Waals surface area contributed by atoms with E-state index in [9.17, 15) is 9.59 Å². The number of amides is 1. The van der Waals surface area contributed by atoms with Crippen molar-refractivity contribution in [2.45, 2.75) is 28.8 Å². The van der Waals surface area contributed by atoms with Crippen LogP contribution in [0.25, 0.3) is 0 Å². The summed E-state index contributed by atoms with van der Waals surface area (Å²) in [5, 5.41) is 2.75. The molecule has 2 atom stereocenters. The zero-order chi connectivity index (χ0) is 26.3. The fourth-order valence-electron chi connectivity index (χ4n) is 4.04. The predicted molar refractivity (Wildman–Crippen MR) is 160 cm³/mol. The number of nitrogens with zero attached hydrogens (tertiary/aromatic N) is 1. The maximum atomic E-state index is 13.9. The van der Waals surface area contributed by atoms with E-state index in [1.807, 2.05) is 85.1 Å². The van der Waals surface area contributed by atoms with Crippen molar-refractivity contribution in [3.63, 3.8) is 0 Å². The first-order valence-corrected chi connectivity index (χ1v) is 17.4. The molecule has 3 aromatic carbocycles. The van der Waals surface area contributed by atoms with E-state index < -0.39 is 18.0 Å². The van der Waals surface area contributed by atoms with Crippen LogP contribution in [-0.2, 0) is 15.8 Å². The van der Waals surface area contributed by atoms with E-state index in [2.05, 4.69) is 29.4 Å². The summed E-state index contributed by atoms with van der Waals surface area (Å²) in [5.41, 5.74) is 4.62. The average Bonchev–Trinajstić information content (AvgIpc) is 2.92. The molecule has 4 aromatic rings. The molecule has 0 spiro atoms. The number of nitrogens with one attached hydrogen (secondary N) is 1. The molecular formula is C31H31IN2O3. The van der Waals surface area contributed by atoms with Crippen molar-refractivity contribution < 1.29 is 14.3 Å². The Morgan fingerprint density at radius 3 is 2.35 bits per heavy atom. The van der Waals surface area contributed by atoms with Gasteiger partial charge in [-0.25, -0.2) is 0 Å². The fraction of sp³-hybridized carbons (Fsp3) is 0.161. The Labute approximate surface area is 221 Å². The maximum absolute atomic E-state index is 13.9. The van der Waals surface area contributed by atoms with E-state index in [1.165, 1.54) is 6.92 Å². The van der Waals surface area contributed by atoms with Crippen LogP contribution in [0.5, 0.6) is 5.75 Å². The zero-order valence-corrected chi connectivity index (χ0v) is 23.2. The number of hydrogen-bond acceptors (Lipinski definition) is 4. The predicted octanol–water partition coefficient (Wildman–Crippen LogP) is 7.19. The van der Waals surface area contributed by atoms with Gasteiger partial charge in [-0.15, -0.1) is 0 Å². The first-order chi connectivity index (χ1) is 17.8. The Hall–Kier alpha value is -3.65. The minimum atomic E-state index is -3.37. The minimum absolute atomic E-state index is 0.0108. The summed E-state index contributed by atoms with van der Waals surface area (Å²) in [6, 6.07) is 29.0. The number of ether oxygens (including phenoxy) is 1. The van der Waals surface area contributed by atoms with Crippen LogP contribution < -0.4 is 10.1 Å². The van der Waals surface area contributed by atoms with Crippen LogP contribution in [0.15, 0.2) is 103 Å². The summed E-state index contributed by atoms with van der Waals surface area (Å²) in [7, 11) is 0. The average molecular weight is 607 g/mol. The summed E-state index contributed by atoms with van der Waals surface area (Å²) in [6.07, 6.45) is 3.59. The first-order valence-electron chi connectivity index (χ1n) is 12.0. The van der Waals surface area contributed by atoms with Gasteiger partial charge in [-0.1, -0.05) is 0 Å². The van der Waals surface area contributed by atoms with Crippen LogP contribution in [0, 0.1) is 0 Å². The molecule has 6 heteroatoms. The molecule has 1 N–H and O–H groups in total. The van der Waals surface area contributed by atoms with Crippen molar-refractivity contribution in [3.8, 4) is 5.75 Å². The van der Waals surface area contributed by atoms with Crippen molar-refractivity contribution >= 4 is 37.9 Å². The Kier molecular flexibility index (Phi) is 8.61. The second-order valence-corrected chi connectivity index (χ2v) is 17.5. The van der Waals surface area contributed by atoms with E-state index >= 15 is 0 Å². The Bertz CT molecular complexity index is 1400. The van der Waals surface area contributed by atoms with Crippen molar-refractivity contribution in [2.24, 2.45) is 0 Å². The molecule has 1 heterocycles. The van der Waals surface area contributed by atoms with Crippen LogP contribution in [0.4, 0.5) is 5.69 Å². The molecule has 1 aromatic heterocycles. The second kappa shape index (κ2) is 12.1. The van der Waals surface area contributed by atoms with Crippen LogP contribution in [0.2, 0.25) is 0 Å². The molecule has 0 saturated heterocycles. The molecule has 0 fully saturated rings. The molecule has 0 aliphatic carbocycles. The standard InChI is InChI=1S/C31H31IN2O3/c1-23(32(3,20-26-10-8-18-33-21-26)31(36)27-11-5-4-6-12-27)28-13-7-9-25(19-28)22-37-30-16-14-29(15-17-30)34-24(2)35/h4-19,21,23H,3,20,22H2,1-2H3,(H,34,35). The molecule has 37 heavy (non-hydrogen) atoms. The number of halogens is 1. The van der Waals surface area contributed by atoms with Gasteiger partial charge in [0.15, 0.2) is 0 Å². The zero-order valence-electron chi connectivity index (χ0n) is 21.1. The molecular weight excluding hydrogens is 575 g/mol. The third kappa shape index (κ3) is 6.77. The van der Waals surface area contributed by atoms with Crippen molar-refractivity contribution in [2.75, 3.05) is 5.32 Å². The number of anilines is 1. The number of carbonyl (C=O) groups is 2. The number of rotatable bonds is 10. The quantitative estimate of drug-likeness (QED) is 0.118. The fourth-order valence-corrected chi connectivity index (χ4v) is 11.3. The van der Waals surface area contributed by atoms with E-state index in [1.54, 1.807) is 6.20 Å². The van der Waals surface area contributed by atoms with Crippen LogP contribution >= 0.6 is 18.0 Å². The van der Waals surface area contributed by atoms with Gasteiger partial charge in [-0.3, -0.25) is 4.79 Å². The third-order valence-corrected chi connectivity index (χ3v) is 15.2. The molecule has 4 rings (SSSR count). The van der Waals surface area contributed by atoms with Crippen LogP contribution in [0.3, 0.4) is 0 Å². The van der Waals surface area contributed by atoms with Gasteiger partial charge in [0.2, 0.25) is 0 Å². The van der Waals surface area contributed by atoms with Gasteiger partial charge in [0.05, 0.1) is 0 Å². The number of pyridine rings is 1. The molecule has 5 nitrogen and oxygen atoms in total. The SMILES string of the molecule is C=I(Cc1cccnc1)(C(=O)c1ccccc1)C(C)c1cccc(COc2ccc(NC(C)=O)cc2)c1. The van der Waals surface area contributed by atoms with Crippen molar-refractivity contribution in [1.82, 2.24) is 4.98 Å². The van der Waals surface area contributed by atoms with Crippen molar-refractivity contribution in [3.05, 3.63) is 126 Å². The monoisotopic (exact) mass is 606 g/mol. The molecule has 0 aliphatic heterocycles. The number of benzene rings is 3. The van der Waals surface area contributed by atoms with Gasteiger partial charge in [0.25, 0.3) is 0 Å². The summed E-state index contributed by atoms with van der Waals surface area (Å²) in [5.74, 6) is 0.604. The molecule has 190 valence electrons. The molecule has 0 radical (unpaired) electrons. The van der Waals surface area contributed by atoms with E-state index in [4.69, 9.17) is 9.25 Å². The van der Waals surface area contributed by atoms with Gasteiger partial charge in [-0.2, -0.15) is 0 Å². The molecule has 0 aliphatic rings. The Balaban J connectivity index is 1.56. The van der Waals surface area contributed by atoms with Crippen LogP contribution in [0.1, 0.15) is 44.8 Å². The van der Waals surface area contributed by atoms with Gasteiger partial charge in [-0.05, 0) is 0 Å². The van der Waals surface area contributed by atoms with E-state index in [0.29, 0.717) is 16.8 Å². The van der Waals surface area contributed by atoms with Gasteiger partial charge in [0, 0.05) is 6.92 Å². The molecule has 0 saturated carbocycles. The summed E-state index contributed by atoms with van der Waals surface area (Å²) in [6.45, 7) is 4.01. The first kappa shape index (κ1) is 26.4. The van der Waals surface area contributed by atoms with Gasteiger partial charge in [0.1, 0.15) is 0 Å². The van der Waals surface area contributed by atoms with Gasteiger partial charge >= 0.3 is 211 Å². The molecule has 1 amide bonds. The van der Waals surface area contributed by atoms with Gasteiger partial charge < -0.3 is 0 Å². The van der Waals surface area contributed by atoms with Crippen molar-refractivity contribution in [1.29, 1.82) is 0 Å². The normalized spacial score (nSPS) is 14.1. The number of carbonyl (C=O) groups excluding carboxylic acids is 2. The summed E-state index contributed by atoms with van der Waals surface area (Å²) in [4.78, 5) is 29.4. The summed E-state index contributed by atoms with van der Waals surface area (Å²) >= 11 is -3.37. The van der Waals surface area contributed by atoms with E-state index in [-0.39, 0.29) is 13.6 Å². The topological polar surface area (TPSA) is 68.3 Å². The Morgan fingerprint density at radius 1 is 0.946 bits per heavy atom. The molecule has 2 unspecified atom stereocenters. The molecule has 0 bridgehead atoms. The third-order valence-electron chi connectivity index (χ3n) is 6.08. The second-order valence-electron chi connectivity index (χ2n) is 8.86. The Morgan fingerprint density at radius 2 is 1.68 bits per heavy atom. The number of aromatic nitrogens is 1. The number of hydrogen-bond donors (Lipinski definition) is 1. The van der Waals surface area contributed by atoms with Crippen LogP contribution in [-0.4, -0.2) is 19.2 Å². The van der Waals surface area contributed by atoms with E-state index in [0.717, 1.165) is 27.9 Å². The summed E-state index contributed by atoms with van der Waals surface area (Å²) < 4.78 is 11.6. The number of alkyl halides is 2.